The number of pyridine rings is 1. The van der Waals surface area contributed by atoms with E-state index in [1.165, 1.54) is 36.4 Å². The number of hydrazone groups is 1. The SMILES string of the molecule is N#Cc1ccc(COc2ccc(C(F)(F)C(CN(N)/C=N\N)c3ccccc3F)nc2)cc1F. The molecule has 0 fully saturated rings. The maximum Gasteiger partial charge on any atom is 0.298 e. The van der Waals surface area contributed by atoms with Gasteiger partial charge in [-0.2, -0.15) is 19.1 Å². The summed E-state index contributed by atoms with van der Waals surface area (Å²) in [7, 11) is 0. The maximum absolute atomic E-state index is 15.5. The Kier molecular flexibility index (Phi) is 7.65. The quantitative estimate of drug-likeness (QED) is 0.161. The molecule has 0 bridgehead atoms. The van der Waals surface area contributed by atoms with Gasteiger partial charge in [0.2, 0.25) is 0 Å². The summed E-state index contributed by atoms with van der Waals surface area (Å²) in [5.41, 5.74) is -0.542. The molecule has 0 saturated carbocycles. The molecule has 0 spiro atoms. The topological polar surface area (TPSA) is 114 Å². The van der Waals surface area contributed by atoms with Crippen molar-refractivity contribution in [1.29, 1.82) is 5.26 Å². The summed E-state index contributed by atoms with van der Waals surface area (Å²) in [5.74, 6) is 3.99. The molecular weight excluding hydrogens is 452 g/mol. The monoisotopic (exact) mass is 472 g/mol. The Bertz CT molecular complexity index is 1200. The summed E-state index contributed by atoms with van der Waals surface area (Å²) >= 11 is 0. The molecule has 7 nitrogen and oxygen atoms in total. The van der Waals surface area contributed by atoms with Gasteiger partial charge in [-0.3, -0.25) is 9.99 Å². The zero-order valence-corrected chi connectivity index (χ0v) is 17.7. The standard InChI is InChI=1S/C23H20F4N6O/c24-20-4-2-1-3-18(20)19(12-33(30)14-32-29)23(26,27)22-8-7-17(11-31-22)34-13-15-5-6-16(10-28)21(25)9-15/h1-9,11,14,19H,12-13,29-30H2/b32-14-. The Balaban J connectivity index is 1.81. The molecule has 2 aromatic carbocycles. The molecule has 0 saturated heterocycles. The van der Waals surface area contributed by atoms with Crippen molar-refractivity contribution in [3.8, 4) is 11.8 Å². The smallest absolute Gasteiger partial charge is 0.298 e. The van der Waals surface area contributed by atoms with E-state index in [1.807, 2.05) is 0 Å². The number of nitriles is 1. The van der Waals surface area contributed by atoms with Crippen LogP contribution in [0.25, 0.3) is 0 Å². The van der Waals surface area contributed by atoms with Crippen molar-refractivity contribution in [3.05, 3.63) is 94.8 Å². The first-order valence-electron chi connectivity index (χ1n) is 9.91. The molecular formula is C23H20F4N6O. The summed E-state index contributed by atoms with van der Waals surface area (Å²) < 4.78 is 64.6. The zero-order valence-electron chi connectivity index (χ0n) is 17.7. The number of nitrogens with zero attached hydrogens (tertiary/aromatic N) is 4. The molecule has 3 rings (SSSR count). The second-order valence-electron chi connectivity index (χ2n) is 7.25. The minimum absolute atomic E-state index is 0.0710. The van der Waals surface area contributed by atoms with Crippen molar-refractivity contribution in [2.75, 3.05) is 6.54 Å². The number of hydrogen-bond donors (Lipinski definition) is 2. The number of nitrogens with two attached hydrogens (primary N) is 2. The fraction of sp³-hybridized carbons (Fsp3) is 0.174. The van der Waals surface area contributed by atoms with E-state index in [0.29, 0.717) is 5.56 Å². The van der Waals surface area contributed by atoms with E-state index in [-0.39, 0.29) is 23.5 Å². The fourth-order valence-electron chi connectivity index (χ4n) is 3.26. The largest absolute Gasteiger partial charge is 0.487 e. The van der Waals surface area contributed by atoms with E-state index in [2.05, 4.69) is 10.1 Å². The van der Waals surface area contributed by atoms with Crippen molar-refractivity contribution < 1.29 is 22.3 Å². The molecule has 1 atom stereocenters. The van der Waals surface area contributed by atoms with Crippen LogP contribution in [0.15, 0.2) is 65.9 Å². The first kappa shape index (κ1) is 24.5. The summed E-state index contributed by atoms with van der Waals surface area (Å²) in [6.45, 7) is -0.572. The van der Waals surface area contributed by atoms with Crippen molar-refractivity contribution in [1.82, 2.24) is 9.99 Å². The van der Waals surface area contributed by atoms with Gasteiger partial charge in [0.15, 0.2) is 0 Å². The first-order valence-corrected chi connectivity index (χ1v) is 9.91. The summed E-state index contributed by atoms with van der Waals surface area (Å²) in [6.07, 6.45) is 2.03. The van der Waals surface area contributed by atoms with Gasteiger partial charge in [0, 0.05) is 6.54 Å². The molecule has 0 aliphatic rings. The van der Waals surface area contributed by atoms with Gasteiger partial charge < -0.3 is 10.6 Å². The van der Waals surface area contributed by atoms with Gasteiger partial charge in [0.1, 0.15) is 42.1 Å². The number of alkyl halides is 2. The molecule has 0 aliphatic heterocycles. The lowest BCUT2D eigenvalue weighted by molar-refractivity contribution is -0.0443. The van der Waals surface area contributed by atoms with Crippen LogP contribution in [0.3, 0.4) is 0 Å². The predicted octanol–water partition coefficient (Wildman–Crippen LogP) is 3.76. The normalized spacial score (nSPS) is 12.4. The van der Waals surface area contributed by atoms with Gasteiger partial charge >= 0.3 is 0 Å². The van der Waals surface area contributed by atoms with Crippen LogP contribution < -0.4 is 16.4 Å². The van der Waals surface area contributed by atoms with Crippen LogP contribution in [0, 0.1) is 23.0 Å². The Labute approximate surface area is 192 Å². The van der Waals surface area contributed by atoms with Crippen LogP contribution in [0.2, 0.25) is 0 Å². The molecule has 1 aromatic heterocycles. The van der Waals surface area contributed by atoms with E-state index in [1.54, 1.807) is 6.07 Å². The third-order valence-corrected chi connectivity index (χ3v) is 4.96. The van der Waals surface area contributed by atoms with Crippen molar-refractivity contribution in [2.45, 2.75) is 18.4 Å². The number of rotatable bonds is 9. The molecule has 176 valence electrons. The van der Waals surface area contributed by atoms with Gasteiger partial charge in [0.05, 0.1) is 17.7 Å². The van der Waals surface area contributed by atoms with Crippen LogP contribution in [0.4, 0.5) is 17.6 Å². The fourth-order valence-corrected chi connectivity index (χ4v) is 3.26. The molecule has 0 amide bonds. The highest BCUT2D eigenvalue weighted by molar-refractivity contribution is 5.53. The first-order chi connectivity index (χ1) is 16.3. The highest BCUT2D eigenvalue weighted by atomic mass is 19.3. The van der Waals surface area contributed by atoms with Gasteiger partial charge in [-0.25, -0.2) is 14.6 Å². The van der Waals surface area contributed by atoms with E-state index in [4.69, 9.17) is 21.7 Å². The lowest BCUT2D eigenvalue weighted by atomic mass is 9.89. The van der Waals surface area contributed by atoms with E-state index < -0.39 is 35.7 Å². The summed E-state index contributed by atoms with van der Waals surface area (Å²) in [6, 6.07) is 13.2. The predicted molar refractivity (Wildman–Crippen MR) is 116 cm³/mol. The second-order valence-corrected chi connectivity index (χ2v) is 7.25. The molecule has 0 aliphatic carbocycles. The van der Waals surface area contributed by atoms with Gasteiger partial charge in [0.25, 0.3) is 5.92 Å². The van der Waals surface area contributed by atoms with Crippen molar-refractivity contribution in [3.63, 3.8) is 0 Å². The number of hydrazine groups is 1. The molecule has 4 N–H and O–H groups in total. The Morgan fingerprint density at radius 1 is 1.15 bits per heavy atom. The average molecular weight is 472 g/mol. The van der Waals surface area contributed by atoms with Crippen LogP contribution in [0.5, 0.6) is 5.75 Å². The number of ether oxygens (including phenoxy) is 1. The number of aromatic nitrogens is 1. The van der Waals surface area contributed by atoms with Crippen molar-refractivity contribution >= 4 is 6.34 Å². The van der Waals surface area contributed by atoms with Crippen LogP contribution in [-0.2, 0) is 12.5 Å². The minimum Gasteiger partial charge on any atom is -0.487 e. The second kappa shape index (κ2) is 10.6. The lowest BCUT2D eigenvalue weighted by Crippen LogP contribution is -2.40. The average Bonchev–Trinajstić information content (AvgIpc) is 2.82. The summed E-state index contributed by atoms with van der Waals surface area (Å²) in [5, 5.41) is 12.8. The zero-order chi connectivity index (χ0) is 24.7. The van der Waals surface area contributed by atoms with E-state index in [9.17, 15) is 8.78 Å². The molecule has 1 heterocycles. The molecule has 3 aromatic rings. The molecule has 0 radical (unpaired) electrons. The number of hydrogen-bond acceptors (Lipinski definition) is 6. The Morgan fingerprint density at radius 2 is 1.91 bits per heavy atom. The van der Waals surface area contributed by atoms with E-state index in [0.717, 1.165) is 35.7 Å². The van der Waals surface area contributed by atoms with Crippen LogP contribution >= 0.6 is 0 Å². The molecule has 11 heteroatoms. The minimum atomic E-state index is -3.63. The third kappa shape index (κ3) is 5.60. The number of benzene rings is 2. The lowest BCUT2D eigenvalue weighted by Gasteiger charge is -2.29. The van der Waals surface area contributed by atoms with Crippen LogP contribution in [-0.4, -0.2) is 22.9 Å². The number of halogens is 4. The highest BCUT2D eigenvalue weighted by Crippen LogP contribution is 2.42. The van der Waals surface area contributed by atoms with Gasteiger partial charge in [-0.1, -0.05) is 24.3 Å². The molecule has 34 heavy (non-hydrogen) atoms. The van der Waals surface area contributed by atoms with E-state index >= 15 is 8.78 Å². The highest BCUT2D eigenvalue weighted by Gasteiger charge is 2.45. The Hall–Kier alpha value is -4.17. The van der Waals surface area contributed by atoms with Crippen molar-refractivity contribution in [2.24, 2.45) is 16.8 Å². The van der Waals surface area contributed by atoms with Gasteiger partial charge in [-0.05, 0) is 41.5 Å². The Morgan fingerprint density at radius 3 is 2.53 bits per heavy atom. The van der Waals surface area contributed by atoms with Gasteiger partial charge in [-0.15, -0.1) is 0 Å². The maximum atomic E-state index is 15.5. The van der Waals surface area contributed by atoms with Crippen LogP contribution in [0.1, 0.15) is 28.3 Å². The third-order valence-electron chi connectivity index (χ3n) is 4.96. The molecule has 1 unspecified atom stereocenters. The summed E-state index contributed by atoms with van der Waals surface area (Å²) in [4.78, 5) is 3.80.